The summed E-state index contributed by atoms with van der Waals surface area (Å²) in [5.74, 6) is -0.228. The molecule has 0 atom stereocenters. The molecule has 0 fully saturated rings. The summed E-state index contributed by atoms with van der Waals surface area (Å²) in [4.78, 5) is 26.4. The van der Waals surface area contributed by atoms with Crippen LogP contribution in [0.3, 0.4) is 0 Å². The number of fused-ring (bicyclic) bond motifs is 1. The van der Waals surface area contributed by atoms with E-state index in [1.165, 1.54) is 42.3 Å². The Bertz CT molecular complexity index is 786. The van der Waals surface area contributed by atoms with E-state index < -0.39 is 5.97 Å². The lowest BCUT2D eigenvalue weighted by Gasteiger charge is -2.07. The van der Waals surface area contributed by atoms with Crippen molar-refractivity contribution in [1.29, 1.82) is 0 Å². The molecule has 132 valence electrons. The van der Waals surface area contributed by atoms with E-state index in [0.29, 0.717) is 22.7 Å². The first-order valence-electron chi connectivity index (χ1n) is 7.99. The van der Waals surface area contributed by atoms with Crippen LogP contribution in [0.25, 0.3) is 0 Å². The average Bonchev–Trinajstić information content (AvgIpc) is 3.16. The molecule has 1 aliphatic carbocycles. The van der Waals surface area contributed by atoms with Crippen molar-refractivity contribution in [3.63, 3.8) is 0 Å². The van der Waals surface area contributed by atoms with Gasteiger partial charge in [0.1, 0.15) is 10.8 Å². The van der Waals surface area contributed by atoms with Gasteiger partial charge in [0.2, 0.25) is 5.91 Å². The summed E-state index contributed by atoms with van der Waals surface area (Å²) in [6.45, 7) is 0. The van der Waals surface area contributed by atoms with Crippen LogP contribution in [0.4, 0.5) is 9.39 Å². The quantitative estimate of drug-likeness (QED) is 0.601. The maximum atomic E-state index is 12.9. The van der Waals surface area contributed by atoms with Crippen LogP contribution in [0.2, 0.25) is 0 Å². The van der Waals surface area contributed by atoms with Crippen LogP contribution in [0, 0.1) is 5.82 Å². The molecule has 0 unspecified atom stereocenters. The molecular weight excluding hydrogens is 361 g/mol. The third-order valence-electron chi connectivity index (χ3n) is 3.98. The van der Waals surface area contributed by atoms with Gasteiger partial charge in [0.25, 0.3) is 0 Å². The monoisotopic (exact) mass is 379 g/mol. The highest BCUT2D eigenvalue weighted by atomic mass is 32.2. The van der Waals surface area contributed by atoms with Gasteiger partial charge in [-0.25, -0.2) is 9.18 Å². The zero-order valence-electron chi connectivity index (χ0n) is 13.8. The van der Waals surface area contributed by atoms with Crippen LogP contribution >= 0.6 is 23.1 Å². The fraction of sp³-hybridized carbons (Fsp3) is 0.333. The molecule has 0 saturated carbocycles. The summed E-state index contributed by atoms with van der Waals surface area (Å²) < 4.78 is 17.7. The van der Waals surface area contributed by atoms with Gasteiger partial charge in [-0.3, -0.25) is 4.79 Å². The molecule has 25 heavy (non-hydrogen) atoms. The van der Waals surface area contributed by atoms with Crippen molar-refractivity contribution in [3.8, 4) is 0 Å². The average molecular weight is 379 g/mol. The normalized spacial score (nSPS) is 12.7. The number of carbonyl (C=O) groups excluding carboxylic acids is 2. The van der Waals surface area contributed by atoms with Crippen molar-refractivity contribution < 1.29 is 18.7 Å². The number of nitrogens with one attached hydrogen (secondary N) is 1. The summed E-state index contributed by atoms with van der Waals surface area (Å²) in [7, 11) is 1.35. The van der Waals surface area contributed by atoms with E-state index in [9.17, 15) is 14.0 Å². The van der Waals surface area contributed by atoms with E-state index in [-0.39, 0.29) is 11.7 Å². The lowest BCUT2D eigenvalue weighted by atomic mass is 10.1. The van der Waals surface area contributed by atoms with Gasteiger partial charge in [-0.15, -0.1) is 23.1 Å². The number of methoxy groups -OCH3 is 1. The Balaban J connectivity index is 1.59. The molecule has 1 heterocycles. The number of hydrogen-bond donors (Lipinski definition) is 1. The minimum atomic E-state index is -0.393. The number of thiophene rings is 1. The lowest BCUT2D eigenvalue weighted by molar-refractivity contribution is -0.115. The topological polar surface area (TPSA) is 55.4 Å². The van der Waals surface area contributed by atoms with Gasteiger partial charge in [0.05, 0.1) is 12.7 Å². The van der Waals surface area contributed by atoms with Crippen LogP contribution in [0.1, 0.15) is 33.6 Å². The molecule has 0 radical (unpaired) electrons. The number of hydrogen-bond acceptors (Lipinski definition) is 5. The first-order valence-corrected chi connectivity index (χ1v) is 9.79. The van der Waals surface area contributed by atoms with E-state index in [4.69, 9.17) is 4.74 Å². The largest absolute Gasteiger partial charge is 0.465 e. The Hall–Kier alpha value is -1.86. The molecule has 0 saturated heterocycles. The molecule has 1 aromatic heterocycles. The van der Waals surface area contributed by atoms with E-state index in [1.54, 1.807) is 12.1 Å². The van der Waals surface area contributed by atoms with Crippen molar-refractivity contribution in [2.45, 2.75) is 30.6 Å². The zero-order chi connectivity index (χ0) is 17.8. The van der Waals surface area contributed by atoms with Gasteiger partial charge in [-0.1, -0.05) is 0 Å². The van der Waals surface area contributed by atoms with Crippen LogP contribution in [0.15, 0.2) is 29.2 Å². The third-order valence-corrected chi connectivity index (χ3v) is 6.20. The standard InChI is InChI=1S/C18H18FNO3S2/c1-23-18(22)16-13-3-2-4-14(13)25-17(16)20-15(21)9-10-24-12-7-5-11(19)6-8-12/h5-8H,2-4,9-10H2,1H3,(H,20,21). The number of aryl methyl sites for hydroxylation is 1. The maximum absolute atomic E-state index is 12.9. The molecule has 4 nitrogen and oxygen atoms in total. The predicted molar refractivity (Wildman–Crippen MR) is 98.1 cm³/mol. The minimum absolute atomic E-state index is 0.139. The molecule has 1 aromatic carbocycles. The van der Waals surface area contributed by atoms with Crippen LogP contribution in [-0.4, -0.2) is 24.7 Å². The van der Waals surface area contributed by atoms with E-state index >= 15 is 0 Å². The number of esters is 1. The van der Waals surface area contributed by atoms with Gasteiger partial charge in [-0.2, -0.15) is 0 Å². The Morgan fingerprint density at radius 1 is 1.28 bits per heavy atom. The first kappa shape index (κ1) is 17.9. The summed E-state index contributed by atoms with van der Waals surface area (Å²) in [5, 5.41) is 3.45. The van der Waals surface area contributed by atoms with Crippen molar-refractivity contribution >= 4 is 40.0 Å². The summed E-state index contributed by atoms with van der Waals surface area (Å²) in [5.41, 5.74) is 1.53. The molecule has 0 aliphatic heterocycles. The van der Waals surface area contributed by atoms with Gasteiger partial charge in [-0.05, 0) is 49.1 Å². The van der Waals surface area contributed by atoms with Crippen LogP contribution in [-0.2, 0) is 22.4 Å². The number of rotatable bonds is 6. The maximum Gasteiger partial charge on any atom is 0.341 e. The molecule has 1 N–H and O–H groups in total. The third kappa shape index (κ3) is 4.22. The number of thioether (sulfide) groups is 1. The summed E-state index contributed by atoms with van der Waals surface area (Å²) in [6, 6.07) is 6.19. The molecule has 1 amide bonds. The van der Waals surface area contributed by atoms with E-state index in [1.807, 2.05) is 0 Å². The van der Waals surface area contributed by atoms with Gasteiger partial charge < -0.3 is 10.1 Å². The van der Waals surface area contributed by atoms with Crippen LogP contribution < -0.4 is 5.32 Å². The van der Waals surface area contributed by atoms with E-state index in [2.05, 4.69) is 5.32 Å². The van der Waals surface area contributed by atoms with Crippen molar-refractivity contribution in [2.24, 2.45) is 0 Å². The zero-order valence-corrected chi connectivity index (χ0v) is 15.4. The van der Waals surface area contributed by atoms with Crippen molar-refractivity contribution in [2.75, 3.05) is 18.2 Å². The molecule has 0 bridgehead atoms. The fourth-order valence-electron chi connectivity index (χ4n) is 2.79. The molecule has 0 spiro atoms. The van der Waals surface area contributed by atoms with Gasteiger partial charge in [0, 0.05) is 21.9 Å². The Morgan fingerprint density at radius 2 is 2.04 bits per heavy atom. The van der Waals surface area contributed by atoms with E-state index in [0.717, 1.165) is 34.6 Å². The second-order valence-corrected chi connectivity index (χ2v) is 7.93. The minimum Gasteiger partial charge on any atom is -0.465 e. The summed E-state index contributed by atoms with van der Waals surface area (Å²) in [6.07, 6.45) is 3.14. The number of anilines is 1. The number of benzene rings is 1. The molecule has 7 heteroatoms. The number of halogens is 1. The first-order chi connectivity index (χ1) is 12.1. The van der Waals surface area contributed by atoms with Crippen molar-refractivity contribution in [3.05, 3.63) is 46.1 Å². The Labute approximate surface area is 153 Å². The Kier molecular flexibility index (Phi) is 5.75. The van der Waals surface area contributed by atoms with Crippen LogP contribution in [0.5, 0.6) is 0 Å². The highest BCUT2D eigenvalue weighted by molar-refractivity contribution is 7.99. The molecule has 3 rings (SSSR count). The van der Waals surface area contributed by atoms with Gasteiger partial charge >= 0.3 is 5.97 Å². The second kappa shape index (κ2) is 8.01. The SMILES string of the molecule is COC(=O)c1c(NC(=O)CCSc2ccc(F)cc2)sc2c1CCC2. The van der Waals surface area contributed by atoms with Gasteiger partial charge in [0.15, 0.2) is 0 Å². The number of amides is 1. The second-order valence-electron chi connectivity index (χ2n) is 5.65. The molecule has 2 aromatic rings. The lowest BCUT2D eigenvalue weighted by Crippen LogP contribution is -2.14. The number of carbonyl (C=O) groups is 2. The molecule has 1 aliphatic rings. The highest BCUT2D eigenvalue weighted by Crippen LogP contribution is 2.39. The smallest absolute Gasteiger partial charge is 0.341 e. The predicted octanol–water partition coefficient (Wildman–Crippen LogP) is 4.28. The van der Waals surface area contributed by atoms with Crippen molar-refractivity contribution in [1.82, 2.24) is 0 Å². The molecular formula is C18H18FNO3S2. The summed E-state index contributed by atoms with van der Waals surface area (Å²) >= 11 is 2.96. The highest BCUT2D eigenvalue weighted by Gasteiger charge is 2.27. The Morgan fingerprint density at radius 3 is 2.76 bits per heavy atom. The fourth-order valence-corrected chi connectivity index (χ4v) is 4.94. The number of ether oxygens (including phenoxy) is 1.